The number of thiophene rings is 1. The molecule has 3 aromatic heterocycles. The van der Waals surface area contributed by atoms with Crippen LogP contribution in [0.25, 0.3) is 21.3 Å². The number of aromatic nitrogens is 2. The van der Waals surface area contributed by atoms with E-state index in [2.05, 4.69) is 10.3 Å². The summed E-state index contributed by atoms with van der Waals surface area (Å²) >= 11 is 1.14. The fourth-order valence-electron chi connectivity index (χ4n) is 4.51. The van der Waals surface area contributed by atoms with E-state index >= 15 is 4.39 Å². The lowest BCUT2D eigenvalue weighted by Crippen LogP contribution is -2.42. The summed E-state index contributed by atoms with van der Waals surface area (Å²) in [6.45, 7) is 9.08. The maximum Gasteiger partial charge on any atom is 0.274 e. The number of ether oxygens (including phenoxy) is 1. The molecule has 1 fully saturated rings. The van der Waals surface area contributed by atoms with Crippen LogP contribution in [-0.2, 0) is 17.3 Å². The van der Waals surface area contributed by atoms with Crippen molar-refractivity contribution >= 4 is 34.1 Å². The first kappa shape index (κ1) is 27.8. The third kappa shape index (κ3) is 4.62. The Balaban J connectivity index is 1.92. The van der Waals surface area contributed by atoms with Gasteiger partial charge in [-0.05, 0) is 33.3 Å². The summed E-state index contributed by atoms with van der Waals surface area (Å²) in [5.41, 5.74) is -1.63. The molecule has 0 aliphatic carbocycles. The Morgan fingerprint density at radius 1 is 1.29 bits per heavy atom. The van der Waals surface area contributed by atoms with Crippen molar-refractivity contribution in [1.29, 1.82) is 0 Å². The number of carbonyl (C=O) groups excluding carboxylic acids is 2. The molecule has 1 aliphatic rings. The Morgan fingerprint density at radius 2 is 1.97 bits per heavy atom. The zero-order chi connectivity index (χ0) is 28.2. The topological polar surface area (TPSA) is 117 Å². The van der Waals surface area contributed by atoms with Crippen molar-refractivity contribution in [3.8, 4) is 16.2 Å². The number of fused-ring (bicyclic) bond motifs is 1. The monoisotopic (exact) mass is 546 g/mol. The Hall–Kier alpha value is -3.18. The fourth-order valence-corrected chi connectivity index (χ4v) is 5.92. The quantitative estimate of drug-likeness (QED) is 0.400. The van der Waals surface area contributed by atoms with Crippen LogP contribution in [0.4, 0.5) is 4.39 Å². The van der Waals surface area contributed by atoms with Crippen molar-refractivity contribution in [3.05, 3.63) is 39.0 Å². The third-order valence-electron chi connectivity index (χ3n) is 7.75. The summed E-state index contributed by atoms with van der Waals surface area (Å²) in [5, 5.41) is 14.1. The van der Waals surface area contributed by atoms with Gasteiger partial charge < -0.3 is 29.6 Å². The number of H-pyrrole nitrogens is 1. The molecule has 3 N–H and O–H groups in total. The van der Waals surface area contributed by atoms with Gasteiger partial charge in [0.2, 0.25) is 5.91 Å². The predicted molar refractivity (Wildman–Crippen MR) is 145 cm³/mol. The van der Waals surface area contributed by atoms with E-state index < -0.39 is 16.8 Å². The average Bonchev–Trinajstić information content (AvgIpc) is 3.51. The molecular weight excluding hydrogens is 511 g/mol. The van der Waals surface area contributed by atoms with Gasteiger partial charge in [-0.3, -0.25) is 14.4 Å². The molecule has 9 nitrogen and oxygen atoms in total. The number of hydrogen-bond acceptors (Lipinski definition) is 6. The van der Waals surface area contributed by atoms with Crippen LogP contribution in [-0.4, -0.2) is 63.2 Å². The number of halogens is 1. The summed E-state index contributed by atoms with van der Waals surface area (Å²) < 4.78 is 23.7. The first-order chi connectivity index (χ1) is 17.7. The maximum atomic E-state index is 16.2. The Bertz CT molecular complexity index is 1460. The van der Waals surface area contributed by atoms with Gasteiger partial charge in [-0.2, -0.15) is 0 Å². The van der Waals surface area contributed by atoms with Gasteiger partial charge >= 0.3 is 0 Å². The number of rotatable bonds is 8. The predicted octanol–water partition coefficient (Wildman–Crippen LogP) is 3.53. The van der Waals surface area contributed by atoms with Crippen LogP contribution in [0.5, 0.6) is 5.75 Å². The van der Waals surface area contributed by atoms with Gasteiger partial charge in [-0.25, -0.2) is 4.39 Å². The number of hydrogen-bond donors (Lipinski definition) is 3. The second-order valence-electron chi connectivity index (χ2n) is 10.9. The van der Waals surface area contributed by atoms with Crippen LogP contribution in [0, 0.1) is 5.82 Å². The van der Waals surface area contributed by atoms with Gasteiger partial charge in [0.25, 0.3) is 11.5 Å². The minimum Gasteiger partial charge on any atom is -0.487 e. The minimum absolute atomic E-state index is 0.00390. The third-order valence-corrected chi connectivity index (χ3v) is 9.25. The van der Waals surface area contributed by atoms with Crippen LogP contribution >= 0.6 is 11.3 Å². The average molecular weight is 547 g/mol. The Labute approximate surface area is 224 Å². The second kappa shape index (κ2) is 9.85. The smallest absolute Gasteiger partial charge is 0.274 e. The van der Waals surface area contributed by atoms with E-state index in [4.69, 9.17) is 4.74 Å². The number of aliphatic hydroxyl groups is 1. The number of aryl methyl sites for hydroxylation is 1. The van der Waals surface area contributed by atoms with Crippen molar-refractivity contribution in [2.24, 2.45) is 7.05 Å². The number of nitrogens with zero attached hydrogens (tertiary/aromatic N) is 2. The zero-order valence-electron chi connectivity index (χ0n) is 22.8. The molecule has 1 aliphatic heterocycles. The highest BCUT2D eigenvalue weighted by Crippen LogP contribution is 2.50. The molecule has 3 aromatic rings. The maximum absolute atomic E-state index is 16.2. The molecule has 0 radical (unpaired) electrons. The number of carbonyl (C=O) groups is 2. The first-order valence-electron chi connectivity index (χ1n) is 12.6. The lowest BCUT2D eigenvalue weighted by Gasteiger charge is -2.36. The molecule has 0 saturated carbocycles. The van der Waals surface area contributed by atoms with Gasteiger partial charge in [-0.1, -0.05) is 13.8 Å². The van der Waals surface area contributed by atoms with E-state index in [9.17, 15) is 19.5 Å². The number of nitrogens with one attached hydrogen (secondary N) is 2. The number of likely N-dealkylation sites (N-methyl/N-ethyl adjacent to an activating group) is 1. The largest absolute Gasteiger partial charge is 0.487 e. The molecule has 11 heteroatoms. The van der Waals surface area contributed by atoms with Crippen molar-refractivity contribution in [3.63, 3.8) is 0 Å². The molecule has 1 unspecified atom stereocenters. The molecule has 38 heavy (non-hydrogen) atoms. The van der Waals surface area contributed by atoms with Crippen LogP contribution in [0.1, 0.15) is 62.8 Å². The molecule has 1 saturated heterocycles. The van der Waals surface area contributed by atoms with E-state index in [0.717, 1.165) is 11.3 Å². The van der Waals surface area contributed by atoms with Gasteiger partial charge in [-0.15, -0.1) is 11.3 Å². The molecule has 0 spiro atoms. The summed E-state index contributed by atoms with van der Waals surface area (Å²) in [6.07, 6.45) is 2.62. The van der Waals surface area contributed by atoms with Crippen LogP contribution in [0.3, 0.4) is 0 Å². The first-order valence-corrected chi connectivity index (χ1v) is 13.4. The van der Waals surface area contributed by atoms with Gasteiger partial charge in [0.15, 0.2) is 11.6 Å². The lowest BCUT2D eigenvalue weighted by molar-refractivity contribution is -0.127. The standard InChI is InChI=1S/C27H35FN4O5S/c1-8-29-24(34)17-11-15-16(12-31(6)25(35)20(15)30-17)22-21(37-13-14-9-10-18(33)32(14)7)19(28)23(38-22)26(2,3)27(4,5)36/h11-12,14,30,36H,8-10,13H2,1-7H3,(H,29,34). The lowest BCUT2D eigenvalue weighted by atomic mass is 9.76. The highest BCUT2D eigenvalue weighted by molar-refractivity contribution is 7.16. The van der Waals surface area contributed by atoms with Crippen molar-refractivity contribution < 1.29 is 23.8 Å². The number of amides is 2. The zero-order valence-corrected chi connectivity index (χ0v) is 23.6. The van der Waals surface area contributed by atoms with Gasteiger partial charge in [0.05, 0.1) is 21.4 Å². The Morgan fingerprint density at radius 3 is 2.55 bits per heavy atom. The van der Waals surface area contributed by atoms with Gasteiger partial charge in [0.1, 0.15) is 17.8 Å². The highest BCUT2D eigenvalue weighted by Gasteiger charge is 2.42. The van der Waals surface area contributed by atoms with Crippen molar-refractivity contribution in [2.45, 2.75) is 64.5 Å². The van der Waals surface area contributed by atoms with Gasteiger partial charge in [0, 0.05) is 49.6 Å². The number of likely N-dealkylation sites (tertiary alicyclic amines) is 1. The van der Waals surface area contributed by atoms with E-state index in [0.29, 0.717) is 40.1 Å². The number of aromatic amines is 1. The molecule has 1 atom stereocenters. The highest BCUT2D eigenvalue weighted by atomic mass is 32.1. The van der Waals surface area contributed by atoms with E-state index in [1.54, 1.807) is 65.9 Å². The molecule has 206 valence electrons. The number of pyridine rings is 1. The van der Waals surface area contributed by atoms with E-state index in [1.807, 2.05) is 0 Å². The second-order valence-corrected chi connectivity index (χ2v) is 11.9. The summed E-state index contributed by atoms with van der Waals surface area (Å²) in [5.74, 6) is -0.942. The van der Waals surface area contributed by atoms with Crippen molar-refractivity contribution in [1.82, 2.24) is 19.8 Å². The summed E-state index contributed by atoms with van der Waals surface area (Å²) in [4.78, 5) is 42.8. The molecule has 4 heterocycles. The molecule has 4 rings (SSSR count). The summed E-state index contributed by atoms with van der Waals surface area (Å²) in [6, 6.07) is 1.39. The molecule has 2 amide bonds. The van der Waals surface area contributed by atoms with E-state index in [1.165, 1.54) is 4.57 Å². The molecule has 0 aromatic carbocycles. The minimum atomic E-state index is -1.26. The molecular formula is C27H35FN4O5S. The van der Waals surface area contributed by atoms with Crippen LogP contribution < -0.4 is 15.6 Å². The van der Waals surface area contributed by atoms with Crippen molar-refractivity contribution in [2.75, 3.05) is 20.2 Å². The van der Waals surface area contributed by atoms with Crippen LogP contribution in [0.15, 0.2) is 17.1 Å². The summed E-state index contributed by atoms with van der Waals surface area (Å²) in [7, 11) is 3.29. The SMILES string of the molecule is CCNC(=O)c1cc2c(-c3sc(C(C)(C)C(C)(C)O)c(F)c3OCC3CCC(=O)N3C)cn(C)c(=O)c2[nH]1. The fraction of sp³-hybridized carbons (Fsp3) is 0.519. The van der Waals surface area contributed by atoms with Crippen LogP contribution in [0.2, 0.25) is 0 Å². The Kier molecular flexibility index (Phi) is 7.22. The normalized spacial score (nSPS) is 16.5. The molecule has 0 bridgehead atoms. The van der Waals surface area contributed by atoms with E-state index in [-0.39, 0.29) is 47.0 Å².